The third-order valence-electron chi connectivity index (χ3n) is 5.21. The Kier molecular flexibility index (Phi) is 8.67. The van der Waals surface area contributed by atoms with E-state index in [4.69, 9.17) is 28.9 Å². The van der Waals surface area contributed by atoms with Crippen molar-refractivity contribution in [3.63, 3.8) is 0 Å². The summed E-state index contributed by atoms with van der Waals surface area (Å²) in [5.41, 5.74) is 13.0. The number of anilines is 3. The standard InChI is InChI=1S/C25H22Cl2F3N9O/c1-32-38-36-24(31)34-23(40)14-2-4-18(5-3-14)33-22-13-21(15-10-16(26)12-17(27)11-15)37-39(22)20-8-6-19(7-9-20)35-25(28,29)30/h2-13,32-33,35,38H,1H3,(H3,31,34,36,40). The molecule has 7 N–H and O–H groups in total. The predicted molar refractivity (Wildman–Crippen MR) is 150 cm³/mol. The largest absolute Gasteiger partial charge is 0.482 e. The second kappa shape index (κ2) is 12.2. The second-order valence-electron chi connectivity index (χ2n) is 8.17. The van der Waals surface area contributed by atoms with E-state index in [0.29, 0.717) is 44.1 Å². The zero-order valence-corrected chi connectivity index (χ0v) is 22.2. The molecule has 0 saturated carbocycles. The number of nitrogens with one attached hydrogen (secondary N) is 5. The first-order chi connectivity index (χ1) is 19.0. The van der Waals surface area contributed by atoms with Gasteiger partial charge >= 0.3 is 6.30 Å². The molecule has 0 saturated heterocycles. The second-order valence-corrected chi connectivity index (χ2v) is 9.04. The first kappa shape index (κ1) is 28.5. The van der Waals surface area contributed by atoms with Gasteiger partial charge in [-0.15, -0.1) is 5.10 Å². The molecule has 0 aliphatic rings. The van der Waals surface area contributed by atoms with Gasteiger partial charge in [0.2, 0.25) is 5.96 Å². The molecule has 0 fully saturated rings. The molecule has 1 amide bonds. The number of hydrazone groups is 1. The van der Waals surface area contributed by atoms with E-state index in [1.807, 2.05) is 0 Å². The number of rotatable bonds is 8. The van der Waals surface area contributed by atoms with Crippen molar-refractivity contribution in [2.75, 3.05) is 17.7 Å². The summed E-state index contributed by atoms with van der Waals surface area (Å²) in [4.78, 5) is 12.4. The summed E-state index contributed by atoms with van der Waals surface area (Å²) in [7, 11) is 1.59. The number of carbonyl (C=O) groups excluding carboxylic acids is 1. The molecular formula is C25H22Cl2F3N9O. The fraction of sp³-hybridized carbons (Fsp3) is 0.0800. The lowest BCUT2D eigenvalue weighted by atomic mass is 10.1. The summed E-state index contributed by atoms with van der Waals surface area (Å²) in [5.74, 6) is -0.117. The lowest BCUT2D eigenvalue weighted by Gasteiger charge is -2.13. The number of alkyl halides is 3. The third kappa shape index (κ3) is 7.56. The van der Waals surface area contributed by atoms with E-state index in [-0.39, 0.29) is 11.6 Å². The van der Waals surface area contributed by atoms with Gasteiger partial charge in [-0.1, -0.05) is 23.2 Å². The van der Waals surface area contributed by atoms with Crippen LogP contribution in [0.1, 0.15) is 10.4 Å². The number of amides is 1. The molecule has 0 bridgehead atoms. The van der Waals surface area contributed by atoms with Crippen LogP contribution in [0.4, 0.5) is 30.4 Å². The Hall–Kier alpha value is -4.46. The van der Waals surface area contributed by atoms with Gasteiger partial charge in [-0.05, 0) is 66.7 Å². The van der Waals surface area contributed by atoms with Gasteiger partial charge in [-0.2, -0.15) is 18.3 Å². The average Bonchev–Trinajstić information content (AvgIpc) is 3.30. The summed E-state index contributed by atoms with van der Waals surface area (Å²) < 4.78 is 39.7. The van der Waals surface area contributed by atoms with Crippen molar-refractivity contribution in [1.82, 2.24) is 26.1 Å². The van der Waals surface area contributed by atoms with Crippen LogP contribution in [-0.4, -0.2) is 35.0 Å². The number of hydrogen-bond donors (Lipinski definition) is 6. The number of aromatic nitrogens is 2. The van der Waals surface area contributed by atoms with Crippen molar-refractivity contribution < 1.29 is 18.0 Å². The van der Waals surface area contributed by atoms with E-state index >= 15 is 0 Å². The fourth-order valence-corrected chi connectivity index (χ4v) is 4.07. The molecule has 1 aromatic heterocycles. The lowest BCUT2D eigenvalue weighted by Crippen LogP contribution is -2.39. The van der Waals surface area contributed by atoms with Crippen molar-refractivity contribution in [2.24, 2.45) is 10.8 Å². The van der Waals surface area contributed by atoms with Crippen molar-refractivity contribution in [2.45, 2.75) is 6.30 Å². The highest BCUT2D eigenvalue weighted by molar-refractivity contribution is 6.35. The van der Waals surface area contributed by atoms with Gasteiger partial charge < -0.3 is 11.1 Å². The number of nitrogens with zero attached hydrogens (tertiary/aromatic N) is 3. The van der Waals surface area contributed by atoms with E-state index in [9.17, 15) is 18.0 Å². The number of guanidine groups is 1. The molecule has 4 aromatic rings. The van der Waals surface area contributed by atoms with Gasteiger partial charge in [0.25, 0.3) is 5.91 Å². The first-order valence-corrected chi connectivity index (χ1v) is 12.2. The molecule has 4 rings (SSSR count). The number of hydrogen-bond acceptors (Lipinski definition) is 7. The van der Waals surface area contributed by atoms with Gasteiger partial charge in [-0.25, -0.2) is 15.6 Å². The van der Waals surface area contributed by atoms with Crippen LogP contribution >= 0.6 is 23.2 Å². The first-order valence-electron chi connectivity index (χ1n) is 11.5. The molecule has 208 valence electrons. The molecular weight excluding hydrogens is 570 g/mol. The third-order valence-corrected chi connectivity index (χ3v) is 5.65. The van der Waals surface area contributed by atoms with E-state index in [1.165, 1.54) is 34.3 Å². The molecule has 0 radical (unpaired) electrons. The maximum absolute atomic E-state index is 12.7. The molecule has 40 heavy (non-hydrogen) atoms. The molecule has 0 aliphatic heterocycles. The van der Waals surface area contributed by atoms with Gasteiger partial charge in [0, 0.05) is 45.7 Å². The highest BCUT2D eigenvalue weighted by Crippen LogP contribution is 2.31. The molecule has 0 atom stereocenters. The molecule has 0 aliphatic carbocycles. The number of carbonyl (C=O) groups is 1. The van der Waals surface area contributed by atoms with Crippen LogP contribution in [0.2, 0.25) is 10.0 Å². The quantitative estimate of drug-likeness (QED) is 0.0717. The van der Waals surface area contributed by atoms with Crippen molar-refractivity contribution in [1.29, 1.82) is 0 Å². The van der Waals surface area contributed by atoms with Gasteiger partial charge in [0.1, 0.15) is 5.82 Å². The number of hydrazine groups is 1. The predicted octanol–water partition coefficient (Wildman–Crippen LogP) is 5.20. The minimum Gasteiger partial charge on any atom is -0.368 e. The highest BCUT2D eigenvalue weighted by atomic mass is 35.5. The highest BCUT2D eigenvalue weighted by Gasteiger charge is 2.27. The van der Waals surface area contributed by atoms with Gasteiger partial charge in [0.15, 0.2) is 0 Å². The fourth-order valence-electron chi connectivity index (χ4n) is 3.54. The molecule has 1 heterocycles. The Balaban J connectivity index is 1.63. The maximum atomic E-state index is 12.7. The van der Waals surface area contributed by atoms with Crippen LogP contribution in [0.25, 0.3) is 16.9 Å². The average molecular weight is 592 g/mol. The number of benzene rings is 3. The van der Waals surface area contributed by atoms with Crippen molar-refractivity contribution >= 4 is 52.3 Å². The minimum atomic E-state index is -4.57. The maximum Gasteiger partial charge on any atom is 0.482 e. The molecule has 15 heteroatoms. The Morgan fingerprint density at radius 3 is 2.17 bits per heavy atom. The van der Waals surface area contributed by atoms with Crippen LogP contribution in [0, 0.1) is 0 Å². The normalized spacial score (nSPS) is 11.7. The van der Waals surface area contributed by atoms with Gasteiger partial charge in [-0.3, -0.25) is 15.4 Å². The monoisotopic (exact) mass is 591 g/mol. The molecule has 10 nitrogen and oxygen atoms in total. The summed E-state index contributed by atoms with van der Waals surface area (Å²) in [6, 6.07) is 18.7. The van der Waals surface area contributed by atoms with Crippen LogP contribution in [-0.2, 0) is 0 Å². The number of halogens is 5. The topological polar surface area (TPSA) is 133 Å². The van der Waals surface area contributed by atoms with E-state index in [1.54, 1.807) is 55.6 Å². The Morgan fingerprint density at radius 1 is 0.950 bits per heavy atom. The minimum absolute atomic E-state index is 0.124. The zero-order valence-electron chi connectivity index (χ0n) is 20.6. The Morgan fingerprint density at radius 2 is 1.57 bits per heavy atom. The van der Waals surface area contributed by atoms with Crippen LogP contribution in [0.3, 0.4) is 0 Å². The lowest BCUT2D eigenvalue weighted by molar-refractivity contribution is -0.0999. The number of nitrogens with two attached hydrogens (primary N) is 1. The molecule has 3 aromatic carbocycles. The molecule has 0 spiro atoms. The summed E-state index contributed by atoms with van der Waals surface area (Å²) in [6.45, 7) is 0. The van der Waals surface area contributed by atoms with Crippen LogP contribution in [0.5, 0.6) is 0 Å². The van der Waals surface area contributed by atoms with Crippen molar-refractivity contribution in [3.05, 3.63) is 88.4 Å². The van der Waals surface area contributed by atoms with Crippen LogP contribution in [0.15, 0.2) is 77.9 Å². The zero-order chi connectivity index (χ0) is 28.9. The molecule has 0 unspecified atom stereocenters. The van der Waals surface area contributed by atoms with E-state index < -0.39 is 12.2 Å². The summed E-state index contributed by atoms with van der Waals surface area (Å²) in [5, 5.41) is 16.3. The Labute approximate surface area is 236 Å². The van der Waals surface area contributed by atoms with Crippen LogP contribution < -0.4 is 32.6 Å². The van der Waals surface area contributed by atoms with E-state index in [0.717, 1.165) is 0 Å². The SMILES string of the molecule is CNN/N=C(\N)NC(=O)c1ccc(Nc2cc(-c3cc(Cl)cc(Cl)c3)nn2-c2ccc(NC(F)(F)F)cc2)cc1. The van der Waals surface area contributed by atoms with Crippen molar-refractivity contribution in [3.8, 4) is 16.9 Å². The van der Waals surface area contributed by atoms with Gasteiger partial charge in [0.05, 0.1) is 11.4 Å². The summed E-state index contributed by atoms with van der Waals surface area (Å²) >= 11 is 12.3. The Bertz CT molecular complexity index is 1500. The van der Waals surface area contributed by atoms with E-state index in [2.05, 4.69) is 31.8 Å². The summed E-state index contributed by atoms with van der Waals surface area (Å²) in [6.07, 6.45) is -4.57. The smallest absolute Gasteiger partial charge is 0.368 e.